The van der Waals surface area contributed by atoms with Crippen LogP contribution in [-0.2, 0) is 11.2 Å². The van der Waals surface area contributed by atoms with E-state index in [4.69, 9.17) is 4.74 Å². The molecule has 3 amide bonds. The van der Waals surface area contributed by atoms with Crippen molar-refractivity contribution in [2.45, 2.75) is 33.1 Å². The minimum absolute atomic E-state index is 0.110. The average molecular weight is 613 g/mol. The van der Waals surface area contributed by atoms with Gasteiger partial charge in [0.05, 0.1) is 34.3 Å². The summed E-state index contributed by atoms with van der Waals surface area (Å²) in [6.45, 7) is 4.85. The Morgan fingerprint density at radius 3 is 2.55 bits per heavy atom. The van der Waals surface area contributed by atoms with Gasteiger partial charge in [0.1, 0.15) is 17.4 Å². The van der Waals surface area contributed by atoms with Gasteiger partial charge in [-0.15, -0.1) is 0 Å². The molecule has 0 unspecified atom stereocenters. The Hall–Kier alpha value is -5.17. The van der Waals surface area contributed by atoms with Crippen LogP contribution in [0.4, 0.5) is 25.8 Å². The highest BCUT2D eigenvalue weighted by atomic mass is 32.1. The molecule has 11 nitrogen and oxygen atoms in total. The SMILES string of the molecule is CC(C)Cc1cc(NC(=O)Nc2cnc(Oc3ccc(-c4cnc(N5CCCC5=O)s4)cc3)nc2)n(-c2cccc(F)c2)n1. The number of rotatable bonds is 9. The van der Waals surface area contributed by atoms with E-state index in [1.165, 1.54) is 40.5 Å². The summed E-state index contributed by atoms with van der Waals surface area (Å²) >= 11 is 1.48. The molecule has 0 spiro atoms. The number of hydrogen-bond donors (Lipinski definition) is 2. The quantitative estimate of drug-likeness (QED) is 0.190. The van der Waals surface area contributed by atoms with Gasteiger partial charge in [-0.1, -0.05) is 31.3 Å². The van der Waals surface area contributed by atoms with Crippen molar-refractivity contribution in [3.05, 3.63) is 84.7 Å². The van der Waals surface area contributed by atoms with Gasteiger partial charge in [0.2, 0.25) is 5.91 Å². The third-order valence-electron chi connectivity index (χ3n) is 6.70. The molecule has 2 N–H and O–H groups in total. The van der Waals surface area contributed by atoms with Gasteiger partial charge in [0.25, 0.3) is 0 Å². The number of nitrogens with one attached hydrogen (secondary N) is 2. The summed E-state index contributed by atoms with van der Waals surface area (Å²) in [6, 6.07) is 14.8. The van der Waals surface area contributed by atoms with E-state index >= 15 is 0 Å². The number of carbonyl (C=O) groups excluding carboxylic acids is 2. The van der Waals surface area contributed by atoms with Crippen LogP contribution in [0.15, 0.2) is 73.2 Å². The van der Waals surface area contributed by atoms with Crippen molar-refractivity contribution in [3.63, 3.8) is 0 Å². The lowest BCUT2D eigenvalue weighted by Crippen LogP contribution is -2.23. The van der Waals surface area contributed by atoms with Crippen molar-refractivity contribution in [1.82, 2.24) is 24.7 Å². The minimum Gasteiger partial charge on any atom is -0.424 e. The Labute approximate surface area is 256 Å². The number of aromatic nitrogens is 5. The van der Waals surface area contributed by atoms with Crippen LogP contribution in [0.2, 0.25) is 0 Å². The lowest BCUT2D eigenvalue weighted by atomic mass is 10.1. The van der Waals surface area contributed by atoms with Crippen molar-refractivity contribution in [3.8, 4) is 27.9 Å². The Bertz CT molecular complexity index is 1790. The van der Waals surface area contributed by atoms with E-state index in [1.54, 1.807) is 41.4 Å². The topological polar surface area (TPSA) is 127 Å². The Balaban J connectivity index is 1.07. The molecule has 1 aliphatic rings. The number of nitrogens with zero attached hydrogens (tertiary/aromatic N) is 6. The number of halogens is 1. The molecule has 6 rings (SSSR count). The molecule has 4 heterocycles. The maximum atomic E-state index is 13.9. The molecule has 1 aliphatic heterocycles. The van der Waals surface area contributed by atoms with E-state index in [9.17, 15) is 14.0 Å². The van der Waals surface area contributed by atoms with Crippen LogP contribution in [0, 0.1) is 11.7 Å². The van der Waals surface area contributed by atoms with E-state index in [-0.39, 0.29) is 11.9 Å². The number of anilines is 3. The smallest absolute Gasteiger partial charge is 0.324 e. The number of hydrogen-bond acceptors (Lipinski definition) is 8. The molecule has 1 saturated heterocycles. The van der Waals surface area contributed by atoms with Crippen LogP contribution >= 0.6 is 11.3 Å². The van der Waals surface area contributed by atoms with Crippen molar-refractivity contribution in [2.75, 3.05) is 22.1 Å². The van der Waals surface area contributed by atoms with E-state index in [0.29, 0.717) is 53.4 Å². The van der Waals surface area contributed by atoms with E-state index < -0.39 is 11.8 Å². The van der Waals surface area contributed by atoms with Crippen LogP contribution in [0.3, 0.4) is 0 Å². The van der Waals surface area contributed by atoms with Gasteiger partial charge in [0, 0.05) is 25.2 Å². The van der Waals surface area contributed by atoms with Crippen LogP contribution in [0.25, 0.3) is 16.1 Å². The molecule has 1 fully saturated rings. The second-order valence-corrected chi connectivity index (χ2v) is 11.6. The Kier molecular flexibility index (Phi) is 8.28. The van der Waals surface area contributed by atoms with Crippen molar-refractivity contribution in [1.29, 1.82) is 0 Å². The zero-order chi connectivity index (χ0) is 30.6. The zero-order valence-corrected chi connectivity index (χ0v) is 24.8. The fourth-order valence-electron chi connectivity index (χ4n) is 4.72. The second-order valence-electron chi connectivity index (χ2n) is 10.6. The molecule has 0 radical (unpaired) electrons. The van der Waals surface area contributed by atoms with Gasteiger partial charge in [-0.05, 0) is 66.8 Å². The lowest BCUT2D eigenvalue weighted by molar-refractivity contribution is -0.117. The maximum absolute atomic E-state index is 13.9. The first-order chi connectivity index (χ1) is 21.3. The molecule has 13 heteroatoms. The fraction of sp³-hybridized carbons (Fsp3) is 0.226. The number of ether oxygens (including phenoxy) is 1. The van der Waals surface area contributed by atoms with E-state index in [0.717, 1.165) is 22.6 Å². The summed E-state index contributed by atoms with van der Waals surface area (Å²) in [7, 11) is 0. The first-order valence-corrected chi connectivity index (χ1v) is 14.9. The van der Waals surface area contributed by atoms with Gasteiger partial charge in [-0.3, -0.25) is 15.0 Å². The normalized spacial score (nSPS) is 13.0. The first-order valence-electron chi connectivity index (χ1n) is 14.1. The average Bonchev–Trinajstić information content (AvgIpc) is 3.74. The molecule has 224 valence electrons. The molecule has 0 saturated carbocycles. The van der Waals surface area contributed by atoms with Crippen LogP contribution in [0.1, 0.15) is 32.4 Å². The van der Waals surface area contributed by atoms with E-state index in [1.807, 2.05) is 12.1 Å². The van der Waals surface area contributed by atoms with Gasteiger partial charge >= 0.3 is 12.0 Å². The van der Waals surface area contributed by atoms with Crippen LogP contribution in [-0.4, -0.2) is 43.2 Å². The zero-order valence-electron chi connectivity index (χ0n) is 24.0. The molecule has 0 bridgehead atoms. The summed E-state index contributed by atoms with van der Waals surface area (Å²) in [5.74, 6) is 0.990. The summed E-state index contributed by atoms with van der Waals surface area (Å²) in [5.41, 5.74) is 2.56. The van der Waals surface area contributed by atoms with Crippen molar-refractivity contribution in [2.24, 2.45) is 5.92 Å². The molecule has 0 atom stereocenters. The molecule has 0 aliphatic carbocycles. The molecule has 5 aromatic rings. The van der Waals surface area contributed by atoms with Gasteiger partial charge in [-0.25, -0.2) is 28.8 Å². The minimum atomic E-state index is -0.535. The number of urea groups is 1. The third-order valence-corrected chi connectivity index (χ3v) is 7.77. The molecular formula is C31H29FN8O3S. The Morgan fingerprint density at radius 1 is 1.05 bits per heavy atom. The van der Waals surface area contributed by atoms with Gasteiger partial charge in [0.15, 0.2) is 5.13 Å². The largest absolute Gasteiger partial charge is 0.424 e. The summed E-state index contributed by atoms with van der Waals surface area (Å²) in [5, 5.41) is 10.8. The molecule has 2 aromatic carbocycles. The van der Waals surface area contributed by atoms with Gasteiger partial charge in [-0.2, -0.15) is 5.10 Å². The first kappa shape index (κ1) is 28.9. The van der Waals surface area contributed by atoms with E-state index in [2.05, 4.69) is 44.5 Å². The number of amides is 3. The highest BCUT2D eigenvalue weighted by molar-refractivity contribution is 7.19. The fourth-order valence-corrected chi connectivity index (χ4v) is 5.68. The second kappa shape index (κ2) is 12.6. The molecule has 3 aromatic heterocycles. The summed E-state index contributed by atoms with van der Waals surface area (Å²) in [6.07, 6.45) is 6.76. The number of thiazole rings is 1. The summed E-state index contributed by atoms with van der Waals surface area (Å²) in [4.78, 5) is 40.4. The molecular weight excluding hydrogens is 583 g/mol. The van der Waals surface area contributed by atoms with Crippen LogP contribution < -0.4 is 20.3 Å². The van der Waals surface area contributed by atoms with Crippen molar-refractivity contribution >= 4 is 39.9 Å². The van der Waals surface area contributed by atoms with Gasteiger partial charge < -0.3 is 10.1 Å². The monoisotopic (exact) mass is 612 g/mol. The lowest BCUT2D eigenvalue weighted by Gasteiger charge is -2.10. The number of carbonyl (C=O) groups is 2. The maximum Gasteiger partial charge on any atom is 0.324 e. The predicted molar refractivity (Wildman–Crippen MR) is 166 cm³/mol. The molecule has 44 heavy (non-hydrogen) atoms. The highest BCUT2D eigenvalue weighted by Gasteiger charge is 2.24. The standard InChI is InChI=1S/C31H29FN8O3S/c1-19(2)13-22-15-27(40(38-22)24-6-3-5-21(32)14-24)37-29(42)36-23-16-33-30(34-17-23)43-25-10-8-20(9-11-25)26-18-35-31(44-26)39-12-4-7-28(39)41/h3,5-6,8-11,14-19H,4,7,12-13H2,1-2H3,(H2,36,37,42). The van der Waals surface area contributed by atoms with Crippen molar-refractivity contribution < 1.29 is 18.7 Å². The highest BCUT2D eigenvalue weighted by Crippen LogP contribution is 2.34. The van der Waals surface area contributed by atoms with Crippen LogP contribution in [0.5, 0.6) is 11.8 Å². The third kappa shape index (κ3) is 6.73. The predicted octanol–water partition coefficient (Wildman–Crippen LogP) is 6.69. The Morgan fingerprint density at radius 2 is 1.84 bits per heavy atom. The summed E-state index contributed by atoms with van der Waals surface area (Å²) < 4.78 is 21.2. The number of benzene rings is 2.